The van der Waals surface area contributed by atoms with Crippen molar-refractivity contribution in [3.63, 3.8) is 0 Å². The quantitative estimate of drug-likeness (QED) is 0.743. The first kappa shape index (κ1) is 14.7. The van der Waals surface area contributed by atoms with E-state index in [2.05, 4.69) is 32.4 Å². The summed E-state index contributed by atoms with van der Waals surface area (Å²) in [4.78, 5) is 8.91. The molecule has 0 spiro atoms. The fraction of sp³-hybridized carbons (Fsp3) is 0.357. The van der Waals surface area contributed by atoms with Crippen LogP contribution < -0.4 is 5.73 Å². The lowest BCUT2D eigenvalue weighted by atomic mass is 10.2. The van der Waals surface area contributed by atoms with Gasteiger partial charge in [0.2, 0.25) is 0 Å². The molecule has 0 fully saturated rings. The molecule has 0 aliphatic heterocycles. The second-order valence-electron chi connectivity index (χ2n) is 4.85. The van der Waals surface area contributed by atoms with Crippen LogP contribution in [0.4, 0.5) is 5.82 Å². The highest BCUT2D eigenvalue weighted by Gasteiger charge is 2.08. The van der Waals surface area contributed by atoms with E-state index in [1.807, 2.05) is 28.9 Å². The maximum atomic E-state index is 5.99. The van der Waals surface area contributed by atoms with Crippen LogP contribution >= 0.6 is 11.8 Å². The van der Waals surface area contributed by atoms with E-state index in [4.69, 9.17) is 5.73 Å². The third-order valence-corrected chi connectivity index (χ3v) is 4.11. The molecule has 7 nitrogen and oxygen atoms in total. The van der Waals surface area contributed by atoms with Gasteiger partial charge in [-0.05, 0) is 29.0 Å². The van der Waals surface area contributed by atoms with E-state index >= 15 is 0 Å². The van der Waals surface area contributed by atoms with Gasteiger partial charge < -0.3 is 5.73 Å². The van der Waals surface area contributed by atoms with E-state index in [1.54, 1.807) is 11.8 Å². The minimum Gasteiger partial charge on any atom is -0.383 e. The van der Waals surface area contributed by atoms with E-state index in [0.717, 1.165) is 41.3 Å². The number of aryl methyl sites for hydroxylation is 1. The molecule has 0 bridgehead atoms. The number of nitrogen functional groups attached to an aromatic ring is 1. The molecular weight excluding hydrogens is 298 g/mol. The van der Waals surface area contributed by atoms with Crippen molar-refractivity contribution in [2.24, 2.45) is 0 Å². The molecule has 0 amide bonds. The Kier molecular flexibility index (Phi) is 4.47. The van der Waals surface area contributed by atoms with E-state index in [9.17, 15) is 0 Å². The van der Waals surface area contributed by atoms with Gasteiger partial charge in [0.15, 0.2) is 5.82 Å². The summed E-state index contributed by atoms with van der Waals surface area (Å²) in [6.07, 6.45) is 1.01. The number of anilines is 1. The first-order valence-electron chi connectivity index (χ1n) is 7.12. The van der Waals surface area contributed by atoms with Gasteiger partial charge in [-0.1, -0.05) is 19.1 Å². The zero-order valence-corrected chi connectivity index (χ0v) is 13.1. The van der Waals surface area contributed by atoms with E-state index in [-0.39, 0.29) is 0 Å². The van der Waals surface area contributed by atoms with E-state index in [1.165, 1.54) is 0 Å². The maximum Gasteiger partial charge on any atom is 0.161 e. The van der Waals surface area contributed by atoms with Crippen molar-refractivity contribution in [3.05, 3.63) is 35.9 Å². The molecule has 2 heterocycles. The molecule has 0 saturated carbocycles. The number of rotatable bonds is 6. The molecule has 0 radical (unpaired) electrons. The van der Waals surface area contributed by atoms with Gasteiger partial charge in [-0.25, -0.2) is 14.6 Å². The molecule has 114 valence electrons. The van der Waals surface area contributed by atoms with Crippen molar-refractivity contribution in [1.29, 1.82) is 0 Å². The smallest absolute Gasteiger partial charge is 0.161 e. The summed E-state index contributed by atoms with van der Waals surface area (Å²) < 4.78 is 1.84. The van der Waals surface area contributed by atoms with Gasteiger partial charge in [0.25, 0.3) is 0 Å². The Morgan fingerprint density at radius 3 is 2.91 bits per heavy atom. The molecule has 0 aliphatic carbocycles. The zero-order valence-electron chi connectivity index (χ0n) is 12.3. The molecule has 0 aliphatic rings. The topological polar surface area (TPSA) is 95.4 Å². The monoisotopic (exact) mass is 315 g/mol. The third-order valence-electron chi connectivity index (χ3n) is 3.18. The van der Waals surface area contributed by atoms with Crippen LogP contribution in [0.3, 0.4) is 0 Å². The molecule has 0 saturated heterocycles. The number of nitrogens with two attached hydrogens (primary N) is 1. The molecule has 22 heavy (non-hydrogen) atoms. The molecule has 3 aromatic rings. The van der Waals surface area contributed by atoms with Crippen molar-refractivity contribution in [2.75, 3.05) is 5.73 Å². The van der Waals surface area contributed by atoms with Gasteiger partial charge in [0.1, 0.15) is 11.6 Å². The summed E-state index contributed by atoms with van der Waals surface area (Å²) in [6.45, 7) is 2.94. The average Bonchev–Trinajstić information content (AvgIpc) is 2.95. The van der Waals surface area contributed by atoms with Gasteiger partial charge in [-0.15, -0.1) is 16.9 Å². The first-order chi connectivity index (χ1) is 10.8. The maximum absolute atomic E-state index is 5.99. The second-order valence-corrected chi connectivity index (χ2v) is 5.84. The number of aromatic nitrogens is 6. The van der Waals surface area contributed by atoms with Crippen molar-refractivity contribution in [2.45, 2.75) is 31.4 Å². The number of fused-ring (bicyclic) bond motifs is 1. The van der Waals surface area contributed by atoms with Crippen molar-refractivity contribution in [3.8, 4) is 0 Å². The molecule has 0 atom stereocenters. The van der Waals surface area contributed by atoms with E-state index < -0.39 is 0 Å². The lowest BCUT2D eigenvalue weighted by Crippen LogP contribution is -2.05. The number of tetrazole rings is 1. The lowest BCUT2D eigenvalue weighted by Gasteiger charge is -2.05. The molecule has 3 rings (SSSR count). The van der Waals surface area contributed by atoms with Crippen LogP contribution in [0, 0.1) is 0 Å². The number of thioether (sulfide) groups is 1. The Labute approximate surface area is 132 Å². The summed E-state index contributed by atoms with van der Waals surface area (Å²) in [5.41, 5.74) is 6.87. The molecule has 2 N–H and O–H groups in total. The number of nitrogens with zero attached hydrogens (tertiary/aromatic N) is 6. The number of benzene rings is 1. The van der Waals surface area contributed by atoms with Crippen molar-refractivity contribution < 1.29 is 0 Å². The lowest BCUT2D eigenvalue weighted by molar-refractivity contribution is 0.564. The van der Waals surface area contributed by atoms with E-state index in [0.29, 0.717) is 11.6 Å². The molecule has 0 unspecified atom stereocenters. The van der Waals surface area contributed by atoms with Crippen LogP contribution in [-0.2, 0) is 18.1 Å². The average molecular weight is 315 g/mol. The standard InChI is InChI=1S/C14H17N7S/c1-2-7-21-13(18-19-20-21)9-22-8-12-16-11-6-4-3-5-10(11)14(15)17-12/h3-6H,2,7-9H2,1H3,(H2,15,16,17). The fourth-order valence-corrected chi connectivity index (χ4v) is 2.96. The highest BCUT2D eigenvalue weighted by molar-refractivity contribution is 7.97. The molecular formula is C14H17N7S. The number of hydrogen-bond acceptors (Lipinski definition) is 7. The fourth-order valence-electron chi connectivity index (χ4n) is 2.16. The van der Waals surface area contributed by atoms with Crippen molar-refractivity contribution >= 4 is 28.5 Å². The van der Waals surface area contributed by atoms with Gasteiger partial charge >= 0.3 is 0 Å². The minimum atomic E-state index is 0.525. The Morgan fingerprint density at radius 2 is 2.05 bits per heavy atom. The molecule has 1 aromatic carbocycles. The SMILES string of the molecule is CCCn1nnnc1CSCc1nc(N)c2ccccc2n1. The predicted molar refractivity (Wildman–Crippen MR) is 87.1 cm³/mol. The number of para-hydroxylation sites is 1. The highest BCUT2D eigenvalue weighted by Crippen LogP contribution is 2.20. The summed E-state index contributed by atoms with van der Waals surface area (Å²) in [5.74, 6) is 3.53. The normalized spacial score (nSPS) is 11.1. The molecule has 2 aromatic heterocycles. The largest absolute Gasteiger partial charge is 0.383 e. The van der Waals surface area contributed by atoms with Gasteiger partial charge in [-0.3, -0.25) is 0 Å². The second kappa shape index (κ2) is 6.69. The van der Waals surface area contributed by atoms with Crippen LogP contribution in [0.15, 0.2) is 24.3 Å². The Hall–Kier alpha value is -2.22. The van der Waals surface area contributed by atoms with Crippen LogP contribution in [0.1, 0.15) is 25.0 Å². The van der Waals surface area contributed by atoms with Crippen molar-refractivity contribution in [1.82, 2.24) is 30.2 Å². The summed E-state index contributed by atoms with van der Waals surface area (Å²) in [7, 11) is 0. The third kappa shape index (κ3) is 3.16. The van der Waals surface area contributed by atoms with Gasteiger partial charge in [0.05, 0.1) is 17.0 Å². The summed E-state index contributed by atoms with van der Waals surface area (Å²) in [5, 5.41) is 12.6. The summed E-state index contributed by atoms with van der Waals surface area (Å²) >= 11 is 1.68. The zero-order chi connectivity index (χ0) is 15.4. The van der Waals surface area contributed by atoms with Crippen LogP contribution in [-0.4, -0.2) is 30.2 Å². The Morgan fingerprint density at radius 1 is 1.18 bits per heavy atom. The molecule has 8 heteroatoms. The first-order valence-corrected chi connectivity index (χ1v) is 8.27. The van der Waals surface area contributed by atoms with Crippen LogP contribution in [0.2, 0.25) is 0 Å². The van der Waals surface area contributed by atoms with Gasteiger partial charge in [0, 0.05) is 11.9 Å². The Balaban J connectivity index is 1.68. The van der Waals surface area contributed by atoms with Gasteiger partial charge in [-0.2, -0.15) is 0 Å². The Bertz CT molecular complexity index is 771. The van der Waals surface area contributed by atoms with Crippen LogP contribution in [0.25, 0.3) is 10.9 Å². The highest BCUT2D eigenvalue weighted by atomic mass is 32.2. The predicted octanol–water partition coefficient (Wildman–Crippen LogP) is 2.04. The summed E-state index contributed by atoms with van der Waals surface area (Å²) in [6, 6.07) is 7.76. The number of hydrogen-bond donors (Lipinski definition) is 1. The minimum absolute atomic E-state index is 0.525. The van der Waals surface area contributed by atoms with Crippen LogP contribution in [0.5, 0.6) is 0 Å².